The second-order valence-electron chi connectivity index (χ2n) is 8.67. The van der Waals surface area contributed by atoms with Crippen LogP contribution in [0, 0.1) is 0 Å². The maximum atomic E-state index is 11.0. The molecular formula is C26H34O13. The molecule has 0 amide bonds. The van der Waals surface area contributed by atoms with Gasteiger partial charge in [-0.1, -0.05) is 18.2 Å². The van der Waals surface area contributed by atoms with E-state index in [0.717, 1.165) is 0 Å². The van der Waals surface area contributed by atoms with Crippen LogP contribution in [-0.4, -0.2) is 112 Å². The van der Waals surface area contributed by atoms with Crippen molar-refractivity contribution in [3.8, 4) is 28.7 Å². The van der Waals surface area contributed by atoms with Gasteiger partial charge in [0.15, 0.2) is 29.1 Å². The van der Waals surface area contributed by atoms with Gasteiger partial charge in [-0.05, 0) is 35.4 Å². The predicted octanol–water partition coefficient (Wildman–Crippen LogP) is -0.933. The molecule has 7 atom stereocenters. The number of phenols is 1. The van der Waals surface area contributed by atoms with Crippen molar-refractivity contribution in [2.45, 2.75) is 42.9 Å². The number of ether oxygens (including phenoxy) is 5. The molecule has 13 nitrogen and oxygen atoms in total. The van der Waals surface area contributed by atoms with E-state index >= 15 is 0 Å². The highest BCUT2D eigenvalue weighted by Crippen LogP contribution is 2.42. The third kappa shape index (κ3) is 6.90. The standard InChI is InChI=1S/C26H34O13/c1-35-16-10-14(5-6-15(16)30)21(31)19(11-28)37-25-17(36-2)8-13(4-3-7-27)9-18(25)38-26-24(34)23(33)22(32)20(12-29)39-26/h3-6,8-10,19-24,26-34H,7,11-12H2,1-2H3/t19-,20-,21+,22-,23+,24-,26-/m1/s1. The maximum absolute atomic E-state index is 11.0. The van der Waals surface area contributed by atoms with Crippen molar-refractivity contribution in [2.24, 2.45) is 0 Å². The van der Waals surface area contributed by atoms with Crippen LogP contribution in [0.4, 0.5) is 0 Å². The summed E-state index contributed by atoms with van der Waals surface area (Å²) >= 11 is 0. The van der Waals surface area contributed by atoms with E-state index in [1.54, 1.807) is 0 Å². The molecule has 39 heavy (non-hydrogen) atoms. The number of methoxy groups -OCH3 is 2. The second-order valence-corrected chi connectivity index (χ2v) is 8.67. The number of hydrogen-bond donors (Lipinski definition) is 8. The molecule has 3 rings (SSSR count). The smallest absolute Gasteiger partial charge is 0.229 e. The van der Waals surface area contributed by atoms with Crippen LogP contribution < -0.4 is 18.9 Å². The highest BCUT2D eigenvalue weighted by molar-refractivity contribution is 5.62. The molecule has 13 heteroatoms. The van der Waals surface area contributed by atoms with E-state index in [1.165, 1.54) is 56.7 Å². The Bertz CT molecular complexity index is 1110. The zero-order valence-electron chi connectivity index (χ0n) is 21.3. The third-order valence-electron chi connectivity index (χ3n) is 6.12. The molecule has 0 bridgehead atoms. The van der Waals surface area contributed by atoms with E-state index < -0.39 is 56.1 Å². The Balaban J connectivity index is 2.01. The van der Waals surface area contributed by atoms with Gasteiger partial charge in [-0.15, -0.1) is 0 Å². The van der Waals surface area contributed by atoms with Crippen molar-refractivity contribution in [1.82, 2.24) is 0 Å². The minimum Gasteiger partial charge on any atom is -0.504 e. The number of benzene rings is 2. The molecular weight excluding hydrogens is 520 g/mol. The molecule has 1 aliphatic heterocycles. The Kier molecular flexibility index (Phi) is 10.7. The lowest BCUT2D eigenvalue weighted by molar-refractivity contribution is -0.277. The SMILES string of the molecule is COc1cc([C@H](O)[C@@H](CO)Oc2c(OC)cc(C=CCO)cc2O[C@@H]2O[C@H](CO)[C@@H](O)[C@H](O)[C@H]2O)ccc1O. The summed E-state index contributed by atoms with van der Waals surface area (Å²) in [7, 11) is 2.67. The summed E-state index contributed by atoms with van der Waals surface area (Å²) in [5.74, 6) is -0.237. The van der Waals surface area contributed by atoms with Gasteiger partial charge in [-0.25, -0.2) is 0 Å². The van der Waals surface area contributed by atoms with Gasteiger partial charge in [0, 0.05) is 0 Å². The lowest BCUT2D eigenvalue weighted by Gasteiger charge is -2.39. The highest BCUT2D eigenvalue weighted by atomic mass is 16.7. The number of aliphatic hydroxyl groups excluding tert-OH is 7. The summed E-state index contributed by atoms with van der Waals surface area (Å²) in [6, 6.07) is 7.04. The van der Waals surface area contributed by atoms with Crippen LogP contribution in [-0.2, 0) is 4.74 Å². The topological polar surface area (TPSA) is 208 Å². The second kappa shape index (κ2) is 13.8. The number of hydrogen-bond acceptors (Lipinski definition) is 13. The Morgan fingerprint density at radius 2 is 1.62 bits per heavy atom. The first-order valence-corrected chi connectivity index (χ1v) is 12.0. The van der Waals surface area contributed by atoms with Gasteiger partial charge >= 0.3 is 0 Å². The van der Waals surface area contributed by atoms with E-state index in [2.05, 4.69) is 0 Å². The van der Waals surface area contributed by atoms with Crippen molar-refractivity contribution in [1.29, 1.82) is 0 Å². The molecule has 1 saturated heterocycles. The lowest BCUT2D eigenvalue weighted by Crippen LogP contribution is -2.60. The fourth-order valence-electron chi connectivity index (χ4n) is 3.97. The van der Waals surface area contributed by atoms with Crippen LogP contribution >= 0.6 is 0 Å². The van der Waals surface area contributed by atoms with Crippen LogP contribution in [0.1, 0.15) is 17.2 Å². The molecule has 1 aliphatic rings. The minimum absolute atomic E-state index is 0.0728. The fourth-order valence-corrected chi connectivity index (χ4v) is 3.97. The molecule has 0 unspecified atom stereocenters. The minimum atomic E-state index is -1.73. The molecule has 2 aromatic rings. The predicted molar refractivity (Wildman–Crippen MR) is 135 cm³/mol. The van der Waals surface area contributed by atoms with Crippen molar-refractivity contribution >= 4 is 6.08 Å². The monoisotopic (exact) mass is 554 g/mol. The van der Waals surface area contributed by atoms with Crippen LogP contribution in [0.25, 0.3) is 6.08 Å². The molecule has 0 aromatic heterocycles. The van der Waals surface area contributed by atoms with Gasteiger partial charge in [0.25, 0.3) is 0 Å². The Hall–Kier alpha value is -3.14. The summed E-state index contributed by atoms with van der Waals surface area (Å²) in [4.78, 5) is 0. The number of rotatable bonds is 12. The van der Waals surface area contributed by atoms with Gasteiger partial charge in [0.2, 0.25) is 12.0 Å². The van der Waals surface area contributed by atoms with E-state index in [1.807, 2.05) is 0 Å². The lowest BCUT2D eigenvalue weighted by atomic mass is 9.99. The normalized spacial score (nSPS) is 24.8. The summed E-state index contributed by atoms with van der Waals surface area (Å²) in [6.45, 7) is -1.62. The van der Waals surface area contributed by atoms with E-state index in [0.29, 0.717) is 5.56 Å². The van der Waals surface area contributed by atoms with Crippen molar-refractivity contribution in [3.05, 3.63) is 47.5 Å². The van der Waals surface area contributed by atoms with Crippen LogP contribution in [0.5, 0.6) is 28.7 Å². The first-order valence-electron chi connectivity index (χ1n) is 12.0. The van der Waals surface area contributed by atoms with Crippen LogP contribution in [0.15, 0.2) is 36.4 Å². The molecule has 0 saturated carbocycles. The molecule has 0 spiro atoms. The third-order valence-corrected chi connectivity index (χ3v) is 6.12. The van der Waals surface area contributed by atoms with Gasteiger partial charge in [0.05, 0.1) is 34.0 Å². The van der Waals surface area contributed by atoms with Crippen LogP contribution in [0.3, 0.4) is 0 Å². The molecule has 1 heterocycles. The van der Waals surface area contributed by atoms with Gasteiger partial charge < -0.3 is 64.5 Å². The summed E-state index contributed by atoms with van der Waals surface area (Å²) in [6.07, 6.45) is -7.63. The summed E-state index contributed by atoms with van der Waals surface area (Å²) in [5.41, 5.74) is 0.707. The van der Waals surface area contributed by atoms with E-state index in [4.69, 9.17) is 23.7 Å². The quantitative estimate of drug-likeness (QED) is 0.160. The van der Waals surface area contributed by atoms with E-state index in [9.17, 15) is 40.9 Å². The average Bonchev–Trinajstić information content (AvgIpc) is 2.95. The maximum Gasteiger partial charge on any atom is 0.229 e. The van der Waals surface area contributed by atoms with Gasteiger partial charge in [-0.2, -0.15) is 0 Å². The highest BCUT2D eigenvalue weighted by Gasteiger charge is 2.45. The van der Waals surface area contributed by atoms with Gasteiger partial charge in [0.1, 0.15) is 30.5 Å². The molecule has 2 aromatic carbocycles. The Morgan fingerprint density at radius 3 is 2.23 bits per heavy atom. The van der Waals surface area contributed by atoms with Crippen LogP contribution in [0.2, 0.25) is 0 Å². The summed E-state index contributed by atoms with van der Waals surface area (Å²) in [5, 5.41) is 80.3. The first kappa shape index (κ1) is 30.4. The summed E-state index contributed by atoms with van der Waals surface area (Å²) < 4.78 is 27.7. The fraction of sp³-hybridized carbons (Fsp3) is 0.462. The molecule has 8 N–H and O–H groups in total. The molecule has 216 valence electrons. The molecule has 0 aliphatic carbocycles. The number of aromatic hydroxyl groups is 1. The number of aliphatic hydroxyl groups is 7. The zero-order valence-corrected chi connectivity index (χ0v) is 21.3. The number of phenolic OH excluding ortho intramolecular Hbond substituents is 1. The van der Waals surface area contributed by atoms with E-state index in [-0.39, 0.29) is 40.9 Å². The average molecular weight is 555 g/mol. The van der Waals surface area contributed by atoms with Crippen molar-refractivity contribution in [3.63, 3.8) is 0 Å². The molecule has 1 fully saturated rings. The first-order chi connectivity index (χ1) is 18.7. The largest absolute Gasteiger partial charge is 0.504 e. The van der Waals surface area contributed by atoms with Crippen molar-refractivity contribution in [2.75, 3.05) is 34.0 Å². The Labute approximate surface area is 224 Å². The Morgan fingerprint density at radius 1 is 0.923 bits per heavy atom. The zero-order chi connectivity index (χ0) is 28.7. The van der Waals surface area contributed by atoms with Crippen molar-refractivity contribution < 1.29 is 64.5 Å². The molecule has 0 radical (unpaired) electrons. The van der Waals surface area contributed by atoms with Gasteiger partial charge in [-0.3, -0.25) is 0 Å².